The Labute approximate surface area is 547 Å². The second-order valence-electron chi connectivity index (χ2n) is 23.9. The van der Waals surface area contributed by atoms with Crippen molar-refractivity contribution in [1.82, 2.24) is 9.97 Å². The highest BCUT2D eigenvalue weighted by atomic mass is 16.6. The predicted molar refractivity (Wildman–Crippen MR) is 387 cm³/mol. The van der Waals surface area contributed by atoms with E-state index in [4.69, 9.17) is 15.1 Å². The number of benzene rings is 13. The van der Waals surface area contributed by atoms with Gasteiger partial charge in [0, 0.05) is 83.0 Å². The van der Waals surface area contributed by atoms with Crippen LogP contribution in [-0.4, -0.2) is 26.1 Å². The van der Waals surface area contributed by atoms with Gasteiger partial charge in [0.25, 0.3) is 5.91 Å². The third-order valence-corrected chi connectivity index (χ3v) is 17.5. The number of aromatic amines is 2. The van der Waals surface area contributed by atoms with Crippen molar-refractivity contribution < 1.29 is 19.8 Å². The van der Waals surface area contributed by atoms with Gasteiger partial charge in [0.2, 0.25) is 0 Å². The van der Waals surface area contributed by atoms with E-state index in [1.165, 1.54) is 11.1 Å². The lowest BCUT2D eigenvalue weighted by Gasteiger charge is -2.26. The summed E-state index contributed by atoms with van der Waals surface area (Å²) >= 11 is 0. The zero-order valence-electron chi connectivity index (χ0n) is 52.3. The molecule has 7 N–H and O–H groups in total. The number of H-pyrrole nitrogens is 2. The molecule has 95 heavy (non-hydrogen) atoms. The first-order chi connectivity index (χ1) is 46.5. The molecule has 14 nitrogen and oxygen atoms in total. The maximum Gasteiger partial charge on any atom is 0.259 e. The molecule has 14 heteroatoms. The van der Waals surface area contributed by atoms with Gasteiger partial charge in [-0.05, 0) is 182 Å². The molecule has 15 rings (SSSR count). The van der Waals surface area contributed by atoms with Crippen molar-refractivity contribution in [3.63, 3.8) is 0 Å². The van der Waals surface area contributed by atoms with E-state index in [1.807, 2.05) is 152 Å². The van der Waals surface area contributed by atoms with E-state index in [2.05, 4.69) is 159 Å². The number of phenolic OH excluding ortho intramolecular Hbond substituents is 2. The highest BCUT2D eigenvalue weighted by Crippen LogP contribution is 2.47. The van der Waals surface area contributed by atoms with Gasteiger partial charge in [0.05, 0.1) is 33.7 Å². The number of fused-ring (bicyclic) bond motifs is 10. The minimum atomic E-state index is -0.493. The first kappa shape index (κ1) is 58.9. The number of hydrogen-bond acceptors (Lipinski definition) is 11. The lowest BCUT2D eigenvalue weighted by molar-refractivity contribution is 0.102. The summed E-state index contributed by atoms with van der Waals surface area (Å²) in [5.74, 6) is -0.821. The Morgan fingerprint density at radius 3 is 1.58 bits per heavy atom. The molecular formula is C81H64N10O4. The predicted octanol–water partition coefficient (Wildman–Crippen LogP) is 22.3. The van der Waals surface area contributed by atoms with Crippen LogP contribution in [0.5, 0.6) is 11.5 Å². The van der Waals surface area contributed by atoms with Gasteiger partial charge >= 0.3 is 0 Å². The van der Waals surface area contributed by atoms with Crippen LogP contribution >= 0.6 is 0 Å². The van der Waals surface area contributed by atoms with Crippen molar-refractivity contribution in [2.75, 3.05) is 21.0 Å². The lowest BCUT2D eigenvalue weighted by Crippen LogP contribution is -2.12. The molecule has 462 valence electrons. The van der Waals surface area contributed by atoms with E-state index >= 15 is 0 Å². The summed E-state index contributed by atoms with van der Waals surface area (Å²) in [4.78, 5) is 29.9. The molecule has 0 aliphatic heterocycles. The molecule has 15 aromatic rings. The van der Waals surface area contributed by atoms with Crippen LogP contribution in [0.25, 0.3) is 65.2 Å². The van der Waals surface area contributed by atoms with Crippen LogP contribution < -0.4 is 21.0 Å². The quantitative estimate of drug-likeness (QED) is 0.0329. The van der Waals surface area contributed by atoms with E-state index in [9.17, 15) is 15.0 Å². The lowest BCUT2D eigenvalue weighted by atomic mass is 9.99. The maximum atomic E-state index is 14.5. The number of phenols is 2. The summed E-state index contributed by atoms with van der Waals surface area (Å²) in [7, 11) is 0. The molecule has 0 unspecified atom stereocenters. The van der Waals surface area contributed by atoms with Gasteiger partial charge in [-0.15, -0.1) is 10.2 Å². The second kappa shape index (κ2) is 25.4. The molecule has 0 spiro atoms. The molecule has 0 aliphatic rings. The smallest absolute Gasteiger partial charge is 0.259 e. The Morgan fingerprint density at radius 1 is 0.474 bits per heavy atom. The fraction of sp³-hybridized carbons (Fsp3) is 0.0741. The molecule has 0 aliphatic carbocycles. The minimum absolute atomic E-state index is 0.0272. The largest absolute Gasteiger partial charge is 0.505 e. The molecule has 0 saturated carbocycles. The normalized spacial score (nSPS) is 11.7. The maximum absolute atomic E-state index is 14.5. The fourth-order valence-electron chi connectivity index (χ4n) is 12.6. The second-order valence-corrected chi connectivity index (χ2v) is 23.9. The molecule has 0 fully saturated rings. The van der Waals surface area contributed by atoms with Gasteiger partial charge in [-0.1, -0.05) is 145 Å². The average Bonchev–Trinajstić information content (AvgIpc) is 1.65. The van der Waals surface area contributed by atoms with Crippen LogP contribution in [-0.2, 0) is 24.3 Å². The number of aryl methyl sites for hydroxylation is 3. The van der Waals surface area contributed by atoms with E-state index in [0.717, 1.165) is 112 Å². The third kappa shape index (κ3) is 11.9. The number of hydrogen-bond donors (Lipinski definition) is 7. The van der Waals surface area contributed by atoms with Gasteiger partial charge in [0.1, 0.15) is 23.7 Å². The first-order valence-electron chi connectivity index (χ1n) is 31.6. The van der Waals surface area contributed by atoms with E-state index in [1.54, 1.807) is 6.07 Å². The topological polar surface area (TPSA) is 187 Å². The molecule has 1 amide bonds. The van der Waals surface area contributed by atoms with Crippen molar-refractivity contribution in [2.24, 2.45) is 20.5 Å². The number of carbonyl (C=O) groups is 1. The van der Waals surface area contributed by atoms with E-state index in [0.29, 0.717) is 45.5 Å². The number of para-hydroxylation sites is 3. The van der Waals surface area contributed by atoms with Gasteiger partial charge in [-0.3, -0.25) is 15.1 Å². The molecule has 13 aromatic carbocycles. The number of anilines is 7. The summed E-state index contributed by atoms with van der Waals surface area (Å²) in [5, 5.41) is 56.6. The zero-order chi connectivity index (χ0) is 64.5. The van der Waals surface area contributed by atoms with Crippen molar-refractivity contribution in [3.8, 4) is 11.5 Å². The number of amides is 1. The fourth-order valence-corrected chi connectivity index (χ4v) is 12.6. The van der Waals surface area contributed by atoms with Crippen LogP contribution in [0.3, 0.4) is 0 Å². The summed E-state index contributed by atoms with van der Waals surface area (Å²) in [6.45, 7) is 6.36. The summed E-state index contributed by atoms with van der Waals surface area (Å²) < 4.78 is 0. The Morgan fingerprint density at radius 2 is 1.00 bits per heavy atom. The minimum Gasteiger partial charge on any atom is -0.505 e. The standard InChI is InChI=1S/C81H64N10O4/c1-4-53-13-5-8-17-70(53)90-95-48-56-46-54-26-42-67-65-15-6-9-18-71(65)84-75(67)73(54)77(79(56)92)88-86-59-32-28-57(29-33-59)82-58-30-34-60(35-31-58)87-89-78-74-55(27-43-68-66-16-7-10-19-72(66)85-76(68)74)47-69(80(78)93)81(94)83-61-14-11-12-52(45-61)44-51-24-40-64(41-25-51)91(62-36-20-49(2)21-37-62)63-38-22-50(3)23-39-63/h5-43,45-47,82,84-85,90,92-93H,4,44,48H2,1-3H3,(H,83,94). The Balaban J connectivity index is 0.665. The third-order valence-electron chi connectivity index (χ3n) is 17.5. The number of nitrogens with zero attached hydrogens (tertiary/aromatic N) is 5. The van der Waals surface area contributed by atoms with Crippen molar-refractivity contribution in [3.05, 3.63) is 294 Å². The average molecular weight is 1240 g/mol. The highest BCUT2D eigenvalue weighted by molar-refractivity contribution is 6.23. The van der Waals surface area contributed by atoms with Gasteiger partial charge < -0.3 is 35.7 Å². The Kier molecular flexibility index (Phi) is 15.7. The first-order valence-corrected chi connectivity index (χ1v) is 31.6. The SMILES string of the molecule is CCc1ccccc1NOCc1cc2ccc3c4ccccc4[nH]c3c2c(N=Nc2ccc(Nc3ccc(N=Nc4c(O)c(C(=O)Nc5cccc(Cc6ccc(N(c7ccc(C)cc7)c7ccc(C)cc7)cc6)c5)cc5ccc6c7ccccc7[nH]c6c45)cc3)cc2)c1O. The van der Waals surface area contributed by atoms with Crippen molar-refractivity contribution in [1.29, 1.82) is 0 Å². The van der Waals surface area contributed by atoms with Crippen molar-refractivity contribution in [2.45, 2.75) is 40.2 Å². The van der Waals surface area contributed by atoms with Gasteiger partial charge in [-0.2, -0.15) is 10.2 Å². The summed E-state index contributed by atoms with van der Waals surface area (Å²) in [5.41, 5.74) is 20.7. The number of carbonyl (C=O) groups excluding carboxylic acids is 1. The summed E-state index contributed by atoms with van der Waals surface area (Å²) in [6, 6.07) is 84.3. The molecule has 0 saturated heterocycles. The molecule has 0 atom stereocenters. The van der Waals surface area contributed by atoms with Gasteiger partial charge in [-0.25, -0.2) is 0 Å². The molecule has 0 radical (unpaired) electrons. The zero-order valence-corrected chi connectivity index (χ0v) is 52.3. The number of rotatable bonds is 18. The van der Waals surface area contributed by atoms with Crippen LogP contribution in [0.1, 0.15) is 50.7 Å². The van der Waals surface area contributed by atoms with Gasteiger partial charge in [0.15, 0.2) is 5.75 Å². The highest BCUT2D eigenvalue weighted by Gasteiger charge is 2.23. The number of aromatic nitrogens is 2. The number of aromatic hydroxyl groups is 2. The number of azo groups is 2. The molecule has 0 bridgehead atoms. The Hall–Kier alpha value is -12.4. The summed E-state index contributed by atoms with van der Waals surface area (Å²) in [6.07, 6.45) is 1.47. The molecule has 2 heterocycles. The van der Waals surface area contributed by atoms with Crippen molar-refractivity contribution >= 4 is 134 Å². The monoisotopic (exact) mass is 1240 g/mol. The number of nitrogens with one attached hydrogen (secondary N) is 5. The van der Waals surface area contributed by atoms with E-state index in [-0.39, 0.29) is 29.4 Å². The van der Waals surface area contributed by atoms with Crippen LogP contribution in [0.2, 0.25) is 0 Å². The van der Waals surface area contributed by atoms with Crippen LogP contribution in [0.15, 0.2) is 275 Å². The molecule has 2 aromatic heterocycles. The van der Waals surface area contributed by atoms with Crippen LogP contribution in [0, 0.1) is 13.8 Å². The molecular weight excluding hydrogens is 1180 g/mol. The Bertz CT molecular complexity index is 5420. The van der Waals surface area contributed by atoms with Crippen LogP contribution in [0.4, 0.5) is 62.6 Å². The van der Waals surface area contributed by atoms with E-state index < -0.39 is 5.91 Å².